The van der Waals surface area contributed by atoms with Gasteiger partial charge >= 0.3 is 11.9 Å². The first-order valence-electron chi connectivity index (χ1n) is 8.22. The lowest BCUT2D eigenvalue weighted by Gasteiger charge is -2.29. The van der Waals surface area contributed by atoms with Crippen molar-refractivity contribution >= 4 is 29.1 Å². The van der Waals surface area contributed by atoms with Crippen LogP contribution in [-0.2, 0) is 19.1 Å². The summed E-state index contributed by atoms with van der Waals surface area (Å²) in [4.78, 5) is 25.1. The minimum atomic E-state index is -0.480. The molecule has 1 atom stereocenters. The van der Waals surface area contributed by atoms with E-state index in [-0.39, 0.29) is 19.3 Å². The van der Waals surface area contributed by atoms with Crippen molar-refractivity contribution in [3.8, 4) is 0 Å². The molecule has 0 fully saturated rings. The predicted octanol–water partition coefficient (Wildman–Crippen LogP) is 3.49. The van der Waals surface area contributed by atoms with Crippen LogP contribution in [-0.4, -0.2) is 31.2 Å². The molecule has 5 nitrogen and oxygen atoms in total. The first kappa shape index (κ1) is 19.1. The number of dihydropyridines is 1. The van der Waals surface area contributed by atoms with Crippen LogP contribution in [0.3, 0.4) is 0 Å². The third-order valence-electron chi connectivity index (χ3n) is 3.87. The summed E-state index contributed by atoms with van der Waals surface area (Å²) in [6.45, 7) is 7.63. The Balaban J connectivity index is 2.71. The second kappa shape index (κ2) is 8.21. The molecule has 2 rings (SSSR count). The van der Waals surface area contributed by atoms with Crippen molar-refractivity contribution in [1.82, 2.24) is 5.32 Å². The number of benzene rings is 1. The molecule has 25 heavy (non-hydrogen) atoms. The van der Waals surface area contributed by atoms with Gasteiger partial charge < -0.3 is 14.8 Å². The maximum atomic E-state index is 12.6. The van der Waals surface area contributed by atoms with E-state index < -0.39 is 11.9 Å². The van der Waals surface area contributed by atoms with Crippen LogP contribution in [0, 0.1) is 0 Å². The second-order valence-corrected chi connectivity index (χ2v) is 6.04. The highest BCUT2D eigenvalue weighted by Gasteiger charge is 2.34. The second-order valence-electron chi connectivity index (χ2n) is 5.60. The lowest BCUT2D eigenvalue weighted by atomic mass is 9.86. The lowest BCUT2D eigenvalue weighted by molar-refractivity contribution is -0.138. The topological polar surface area (TPSA) is 64.6 Å². The molecule has 1 heterocycles. The standard InChI is InChI=1S/C19H22ClNO4/c1-5-24-18(22)15-11(3)21-12(4)16(19(23)25-6-2)17(15)13-7-9-14(20)10-8-13/h7-11,21H,5-6H2,1-4H3. The minimum Gasteiger partial charge on any atom is -0.463 e. The third kappa shape index (κ3) is 4.04. The first-order chi connectivity index (χ1) is 11.9. The molecule has 1 unspecified atom stereocenters. The number of rotatable bonds is 5. The number of carbonyl (C=O) groups excluding carboxylic acids is 2. The number of ether oxygens (including phenoxy) is 2. The van der Waals surface area contributed by atoms with Crippen LogP contribution in [0.4, 0.5) is 0 Å². The molecule has 0 saturated heterocycles. The van der Waals surface area contributed by atoms with Crippen LogP contribution < -0.4 is 5.32 Å². The van der Waals surface area contributed by atoms with Crippen LogP contribution in [0.15, 0.2) is 41.1 Å². The predicted molar refractivity (Wildman–Crippen MR) is 96.9 cm³/mol. The lowest BCUT2D eigenvalue weighted by Crippen LogP contribution is -2.37. The fourth-order valence-electron chi connectivity index (χ4n) is 2.87. The monoisotopic (exact) mass is 363 g/mol. The number of nitrogens with one attached hydrogen (secondary N) is 1. The fourth-order valence-corrected chi connectivity index (χ4v) is 3.00. The molecule has 0 aliphatic carbocycles. The number of esters is 2. The van der Waals surface area contributed by atoms with E-state index in [4.69, 9.17) is 21.1 Å². The van der Waals surface area contributed by atoms with Gasteiger partial charge in [-0.1, -0.05) is 23.7 Å². The van der Waals surface area contributed by atoms with E-state index in [2.05, 4.69) is 5.32 Å². The highest BCUT2D eigenvalue weighted by atomic mass is 35.5. The molecular formula is C19H22ClNO4. The molecule has 0 radical (unpaired) electrons. The van der Waals surface area contributed by atoms with Gasteiger partial charge in [-0.3, -0.25) is 0 Å². The van der Waals surface area contributed by atoms with Crippen molar-refractivity contribution in [2.45, 2.75) is 33.7 Å². The van der Waals surface area contributed by atoms with Crippen molar-refractivity contribution in [1.29, 1.82) is 0 Å². The maximum Gasteiger partial charge on any atom is 0.340 e. The van der Waals surface area contributed by atoms with Crippen LogP contribution in [0.2, 0.25) is 5.02 Å². The van der Waals surface area contributed by atoms with Gasteiger partial charge in [0.2, 0.25) is 0 Å². The van der Waals surface area contributed by atoms with E-state index in [1.165, 1.54) is 0 Å². The van der Waals surface area contributed by atoms with Crippen molar-refractivity contribution < 1.29 is 19.1 Å². The molecule has 1 aromatic carbocycles. The van der Waals surface area contributed by atoms with E-state index >= 15 is 0 Å². The quantitative estimate of drug-likeness (QED) is 0.811. The zero-order valence-electron chi connectivity index (χ0n) is 14.8. The smallest absolute Gasteiger partial charge is 0.340 e. The van der Waals surface area contributed by atoms with E-state index in [1.807, 2.05) is 6.92 Å². The summed E-state index contributed by atoms with van der Waals surface area (Å²) in [6, 6.07) is 6.69. The van der Waals surface area contributed by atoms with Gasteiger partial charge in [-0.2, -0.15) is 0 Å². The third-order valence-corrected chi connectivity index (χ3v) is 4.12. The molecule has 1 N–H and O–H groups in total. The Kier molecular flexibility index (Phi) is 6.26. The Labute approximate surface area is 152 Å². The van der Waals surface area contributed by atoms with Crippen LogP contribution in [0.25, 0.3) is 5.57 Å². The Bertz CT molecular complexity index is 734. The van der Waals surface area contributed by atoms with Gasteiger partial charge in [-0.05, 0) is 45.4 Å². The van der Waals surface area contributed by atoms with E-state index in [9.17, 15) is 9.59 Å². The van der Waals surface area contributed by atoms with E-state index in [0.29, 0.717) is 33.0 Å². The van der Waals surface area contributed by atoms with Gasteiger partial charge in [-0.15, -0.1) is 0 Å². The summed E-state index contributed by atoms with van der Waals surface area (Å²) >= 11 is 5.98. The van der Waals surface area contributed by atoms with Crippen LogP contribution >= 0.6 is 11.6 Å². The molecule has 0 bridgehead atoms. The molecule has 6 heteroatoms. The van der Waals surface area contributed by atoms with Gasteiger partial charge in [0.25, 0.3) is 0 Å². The summed E-state index contributed by atoms with van der Waals surface area (Å²) in [5.74, 6) is -0.937. The summed E-state index contributed by atoms with van der Waals surface area (Å²) in [5.41, 5.74) is 2.63. The van der Waals surface area contributed by atoms with Gasteiger partial charge in [0.15, 0.2) is 0 Å². The Hall–Kier alpha value is -2.27. The Morgan fingerprint density at radius 1 is 1.08 bits per heavy atom. The molecule has 0 spiro atoms. The van der Waals surface area contributed by atoms with Crippen molar-refractivity contribution in [2.24, 2.45) is 0 Å². The molecule has 0 amide bonds. The SMILES string of the molecule is CCOC(=O)C1=C(C)NC(C)C(C(=O)OCC)=C1c1ccc(Cl)cc1. The number of carbonyl (C=O) groups is 2. The molecule has 1 aliphatic rings. The van der Waals surface area contributed by atoms with Crippen molar-refractivity contribution in [3.63, 3.8) is 0 Å². The number of halogens is 1. The fraction of sp³-hybridized carbons (Fsp3) is 0.368. The summed E-state index contributed by atoms with van der Waals surface area (Å²) in [5, 5.41) is 3.73. The zero-order valence-corrected chi connectivity index (χ0v) is 15.6. The van der Waals surface area contributed by atoms with Gasteiger partial charge in [0.05, 0.1) is 30.4 Å². The average Bonchev–Trinajstić information content (AvgIpc) is 2.55. The van der Waals surface area contributed by atoms with Crippen LogP contribution in [0.5, 0.6) is 0 Å². The largest absolute Gasteiger partial charge is 0.463 e. The zero-order chi connectivity index (χ0) is 18.6. The van der Waals surface area contributed by atoms with Gasteiger partial charge in [0, 0.05) is 16.3 Å². The summed E-state index contributed by atoms with van der Waals surface area (Å²) < 4.78 is 10.4. The van der Waals surface area contributed by atoms with Gasteiger partial charge in [-0.25, -0.2) is 9.59 Å². The normalized spacial score (nSPS) is 17.2. The molecule has 0 aromatic heterocycles. The number of allylic oxidation sites excluding steroid dienone is 1. The minimum absolute atomic E-state index is 0.244. The van der Waals surface area contributed by atoms with E-state index in [1.54, 1.807) is 45.0 Å². The Morgan fingerprint density at radius 3 is 2.20 bits per heavy atom. The molecule has 134 valence electrons. The van der Waals surface area contributed by atoms with Crippen molar-refractivity contribution in [3.05, 3.63) is 51.7 Å². The van der Waals surface area contributed by atoms with Crippen LogP contribution in [0.1, 0.15) is 33.3 Å². The maximum absolute atomic E-state index is 12.6. The van der Waals surface area contributed by atoms with Crippen molar-refractivity contribution in [2.75, 3.05) is 13.2 Å². The van der Waals surface area contributed by atoms with Gasteiger partial charge in [0.1, 0.15) is 0 Å². The summed E-state index contributed by atoms with van der Waals surface area (Å²) in [7, 11) is 0. The first-order valence-corrected chi connectivity index (χ1v) is 8.60. The number of hydrogen-bond donors (Lipinski definition) is 1. The highest BCUT2D eigenvalue weighted by Crippen LogP contribution is 2.35. The Morgan fingerprint density at radius 2 is 1.64 bits per heavy atom. The highest BCUT2D eigenvalue weighted by molar-refractivity contribution is 6.30. The molecule has 1 aromatic rings. The molecule has 0 saturated carbocycles. The van der Waals surface area contributed by atoms with E-state index in [0.717, 1.165) is 0 Å². The average molecular weight is 364 g/mol. The summed E-state index contributed by atoms with van der Waals surface area (Å²) in [6.07, 6.45) is 0. The molecule has 1 aliphatic heterocycles. The molecular weight excluding hydrogens is 342 g/mol. The number of hydrogen-bond acceptors (Lipinski definition) is 5.